The van der Waals surface area contributed by atoms with Crippen LogP contribution in [-0.4, -0.2) is 26.1 Å². The number of aryl methyl sites for hydroxylation is 2. The number of anilines is 1. The molecule has 0 amide bonds. The molecule has 6 rings (SSSR count). The van der Waals surface area contributed by atoms with E-state index in [0.717, 1.165) is 42.1 Å². The van der Waals surface area contributed by atoms with Gasteiger partial charge >= 0.3 is 0 Å². The standard InChI is InChI=1S/C27H27N5O/c1-16-12-25(33)32-26(29-16)17(2)18(3)27(30-32)31-11-10-24-21(15-31)13-20(14-28-24)23-7-5-4-6-22(23)19-8-9-19/h4-7,12-14,19H,8-11,15H2,1-3H3. The number of nitrogens with zero attached hydrogens (tertiary/aromatic N) is 5. The molecular formula is C27H27N5O. The highest BCUT2D eigenvalue weighted by Crippen LogP contribution is 2.44. The van der Waals surface area contributed by atoms with Crippen LogP contribution in [0.2, 0.25) is 0 Å². The molecule has 3 aromatic heterocycles. The maximum Gasteiger partial charge on any atom is 0.274 e. The maximum atomic E-state index is 12.6. The first-order valence-electron chi connectivity index (χ1n) is 11.7. The predicted molar refractivity (Wildman–Crippen MR) is 130 cm³/mol. The molecular weight excluding hydrogens is 410 g/mol. The summed E-state index contributed by atoms with van der Waals surface area (Å²) in [7, 11) is 0. The summed E-state index contributed by atoms with van der Waals surface area (Å²) in [6.45, 7) is 7.49. The first kappa shape index (κ1) is 20.1. The molecule has 0 spiro atoms. The molecule has 1 aliphatic heterocycles. The van der Waals surface area contributed by atoms with Crippen LogP contribution < -0.4 is 10.5 Å². The second-order valence-corrected chi connectivity index (χ2v) is 9.41. The molecule has 1 fully saturated rings. The van der Waals surface area contributed by atoms with E-state index >= 15 is 0 Å². The van der Waals surface area contributed by atoms with Crippen molar-refractivity contribution < 1.29 is 0 Å². The molecule has 2 aliphatic rings. The second-order valence-electron chi connectivity index (χ2n) is 9.41. The molecule has 0 radical (unpaired) electrons. The van der Waals surface area contributed by atoms with Crippen LogP contribution in [-0.2, 0) is 13.0 Å². The lowest BCUT2D eigenvalue weighted by Crippen LogP contribution is -2.34. The highest BCUT2D eigenvalue weighted by atomic mass is 16.1. The molecule has 1 aliphatic carbocycles. The normalized spacial score (nSPS) is 15.7. The van der Waals surface area contributed by atoms with E-state index in [0.29, 0.717) is 17.3 Å². The molecule has 4 aromatic rings. The van der Waals surface area contributed by atoms with Gasteiger partial charge in [0.15, 0.2) is 11.5 Å². The second kappa shape index (κ2) is 7.51. The molecule has 0 N–H and O–H groups in total. The number of fused-ring (bicyclic) bond motifs is 2. The molecule has 166 valence electrons. The zero-order chi connectivity index (χ0) is 22.7. The van der Waals surface area contributed by atoms with Crippen LogP contribution in [0.5, 0.6) is 0 Å². The Hall–Kier alpha value is -3.54. The highest BCUT2D eigenvalue weighted by Gasteiger charge is 2.27. The van der Waals surface area contributed by atoms with E-state index < -0.39 is 0 Å². The van der Waals surface area contributed by atoms with Crippen molar-refractivity contribution in [3.8, 4) is 11.1 Å². The molecule has 0 bridgehead atoms. The third-order valence-electron chi connectivity index (χ3n) is 7.08. The Morgan fingerprint density at radius 1 is 1.03 bits per heavy atom. The average Bonchev–Trinajstić information content (AvgIpc) is 3.66. The summed E-state index contributed by atoms with van der Waals surface area (Å²) in [6, 6.07) is 12.6. The first-order valence-corrected chi connectivity index (χ1v) is 11.7. The van der Waals surface area contributed by atoms with Crippen molar-refractivity contribution in [2.24, 2.45) is 0 Å². The summed E-state index contributed by atoms with van der Waals surface area (Å²) in [5.74, 6) is 1.54. The van der Waals surface area contributed by atoms with Gasteiger partial charge in [-0.3, -0.25) is 9.78 Å². The molecule has 0 unspecified atom stereocenters. The van der Waals surface area contributed by atoms with Gasteiger partial charge in [-0.05, 0) is 62.3 Å². The summed E-state index contributed by atoms with van der Waals surface area (Å²) in [5, 5.41) is 4.75. The van der Waals surface area contributed by atoms with Gasteiger partial charge in [-0.1, -0.05) is 24.3 Å². The van der Waals surface area contributed by atoms with Crippen LogP contribution >= 0.6 is 0 Å². The van der Waals surface area contributed by atoms with E-state index in [9.17, 15) is 4.79 Å². The van der Waals surface area contributed by atoms with E-state index in [2.05, 4.69) is 47.1 Å². The van der Waals surface area contributed by atoms with Crippen LogP contribution in [0.4, 0.5) is 5.82 Å². The lowest BCUT2D eigenvalue weighted by atomic mass is 9.95. The minimum atomic E-state index is -0.139. The summed E-state index contributed by atoms with van der Waals surface area (Å²) in [6.07, 6.45) is 5.46. The van der Waals surface area contributed by atoms with E-state index in [1.165, 1.54) is 45.7 Å². The van der Waals surface area contributed by atoms with E-state index in [-0.39, 0.29) is 5.56 Å². The fourth-order valence-electron chi connectivity index (χ4n) is 5.00. The molecule has 1 saturated carbocycles. The molecule has 6 nitrogen and oxygen atoms in total. The fourth-order valence-corrected chi connectivity index (χ4v) is 5.00. The number of aromatic nitrogens is 4. The van der Waals surface area contributed by atoms with Crippen molar-refractivity contribution in [2.75, 3.05) is 11.4 Å². The van der Waals surface area contributed by atoms with Crippen molar-refractivity contribution in [3.63, 3.8) is 0 Å². The van der Waals surface area contributed by atoms with Gasteiger partial charge in [-0.15, -0.1) is 5.10 Å². The smallest absolute Gasteiger partial charge is 0.274 e. The zero-order valence-corrected chi connectivity index (χ0v) is 19.3. The minimum Gasteiger partial charge on any atom is -0.350 e. The van der Waals surface area contributed by atoms with Crippen molar-refractivity contribution in [2.45, 2.75) is 52.5 Å². The lowest BCUT2D eigenvalue weighted by molar-refractivity contribution is 0.684. The van der Waals surface area contributed by atoms with Crippen molar-refractivity contribution in [1.82, 2.24) is 19.6 Å². The van der Waals surface area contributed by atoms with Crippen molar-refractivity contribution >= 4 is 11.5 Å². The van der Waals surface area contributed by atoms with E-state index in [1.807, 2.05) is 20.0 Å². The van der Waals surface area contributed by atoms with Gasteiger partial charge in [0.2, 0.25) is 0 Å². The minimum absolute atomic E-state index is 0.139. The lowest BCUT2D eigenvalue weighted by Gasteiger charge is -2.31. The quantitative estimate of drug-likeness (QED) is 0.472. The molecule has 0 saturated heterocycles. The van der Waals surface area contributed by atoms with Crippen LogP contribution in [0.3, 0.4) is 0 Å². The molecule has 33 heavy (non-hydrogen) atoms. The maximum absolute atomic E-state index is 12.6. The molecule has 0 atom stereocenters. The molecule has 1 aromatic carbocycles. The Balaban J connectivity index is 1.40. The van der Waals surface area contributed by atoms with E-state index in [4.69, 9.17) is 10.1 Å². The van der Waals surface area contributed by atoms with Crippen molar-refractivity contribution in [3.05, 3.63) is 86.6 Å². The zero-order valence-electron chi connectivity index (χ0n) is 19.3. The van der Waals surface area contributed by atoms with E-state index in [1.54, 1.807) is 0 Å². The number of hydrogen-bond acceptors (Lipinski definition) is 5. The van der Waals surface area contributed by atoms with Gasteiger partial charge in [-0.2, -0.15) is 4.52 Å². The summed E-state index contributed by atoms with van der Waals surface area (Å²) in [4.78, 5) is 24.3. The number of pyridine rings is 1. The summed E-state index contributed by atoms with van der Waals surface area (Å²) >= 11 is 0. The van der Waals surface area contributed by atoms with Crippen molar-refractivity contribution in [1.29, 1.82) is 0 Å². The Kier molecular flexibility index (Phi) is 4.57. The first-order chi connectivity index (χ1) is 16.0. The van der Waals surface area contributed by atoms with Gasteiger partial charge < -0.3 is 4.90 Å². The molecule has 4 heterocycles. The van der Waals surface area contributed by atoms with Gasteiger partial charge in [0, 0.05) is 59.9 Å². The summed E-state index contributed by atoms with van der Waals surface area (Å²) < 4.78 is 1.45. The Bertz CT molecular complexity index is 1470. The summed E-state index contributed by atoms with van der Waals surface area (Å²) in [5.41, 5.74) is 9.60. The van der Waals surface area contributed by atoms with Gasteiger partial charge in [-0.25, -0.2) is 4.98 Å². The third-order valence-corrected chi connectivity index (χ3v) is 7.08. The number of hydrogen-bond donors (Lipinski definition) is 0. The topological polar surface area (TPSA) is 63.4 Å². The van der Waals surface area contributed by atoms with Crippen LogP contribution in [0.1, 0.15) is 52.4 Å². The Morgan fingerprint density at radius 2 is 1.85 bits per heavy atom. The van der Waals surface area contributed by atoms with Gasteiger partial charge in [0.05, 0.1) is 0 Å². The van der Waals surface area contributed by atoms with Crippen LogP contribution in [0.25, 0.3) is 16.8 Å². The Morgan fingerprint density at radius 3 is 2.67 bits per heavy atom. The largest absolute Gasteiger partial charge is 0.350 e. The fraction of sp³-hybridized carbons (Fsp3) is 0.333. The van der Waals surface area contributed by atoms with Gasteiger partial charge in [0.25, 0.3) is 5.56 Å². The predicted octanol–water partition coefficient (Wildman–Crippen LogP) is 4.52. The van der Waals surface area contributed by atoms with Crippen LogP contribution in [0, 0.1) is 20.8 Å². The van der Waals surface area contributed by atoms with Gasteiger partial charge in [0.1, 0.15) is 0 Å². The molecule has 6 heteroatoms. The number of rotatable bonds is 3. The van der Waals surface area contributed by atoms with Crippen LogP contribution in [0.15, 0.2) is 47.4 Å². The third kappa shape index (κ3) is 3.41. The monoisotopic (exact) mass is 437 g/mol. The average molecular weight is 438 g/mol. The SMILES string of the molecule is Cc1cc(=O)n2nc(N3CCc4ncc(-c5ccccc5C5CC5)cc4C3)c(C)c(C)c2n1. The Labute approximate surface area is 192 Å². The highest BCUT2D eigenvalue weighted by molar-refractivity contribution is 5.69. The number of benzene rings is 1.